The molecule has 0 bridgehead atoms. The van der Waals surface area contributed by atoms with Crippen LogP contribution in [0.3, 0.4) is 0 Å². The van der Waals surface area contributed by atoms with Crippen LogP contribution in [0, 0.1) is 0 Å². The highest BCUT2D eigenvalue weighted by molar-refractivity contribution is 9.08. The summed E-state index contributed by atoms with van der Waals surface area (Å²) in [5.74, 6) is 1.75. The minimum atomic E-state index is 0.665. The Kier molecular flexibility index (Phi) is 8.72. The Balaban J connectivity index is 2.50. The molecule has 1 aromatic carbocycles. The standard InChI is InChI=1S/C16H25BrO2/c1-3-5-6-7-8-12-19-16-14(13-17)10-9-11-15(16)18-4-2/h9-11H,3-8,12-13H2,1-2H3. The second-order valence-electron chi connectivity index (χ2n) is 4.57. The number of hydrogen-bond donors (Lipinski definition) is 0. The van der Waals surface area contributed by atoms with E-state index in [0.29, 0.717) is 6.61 Å². The van der Waals surface area contributed by atoms with Crippen LogP contribution in [-0.4, -0.2) is 13.2 Å². The quantitative estimate of drug-likeness (QED) is 0.427. The van der Waals surface area contributed by atoms with Crippen molar-refractivity contribution < 1.29 is 9.47 Å². The van der Waals surface area contributed by atoms with Gasteiger partial charge in [0.15, 0.2) is 11.5 Å². The molecule has 0 unspecified atom stereocenters. The van der Waals surface area contributed by atoms with Crippen LogP contribution < -0.4 is 9.47 Å². The maximum Gasteiger partial charge on any atom is 0.165 e. The average Bonchev–Trinajstić information content (AvgIpc) is 2.44. The highest BCUT2D eigenvalue weighted by atomic mass is 79.9. The molecule has 0 saturated heterocycles. The van der Waals surface area contributed by atoms with Crippen molar-refractivity contribution in [2.75, 3.05) is 13.2 Å². The second-order valence-corrected chi connectivity index (χ2v) is 5.13. The van der Waals surface area contributed by atoms with E-state index in [4.69, 9.17) is 9.47 Å². The molecule has 0 radical (unpaired) electrons. The summed E-state index contributed by atoms with van der Waals surface area (Å²) in [4.78, 5) is 0. The molecule has 0 heterocycles. The third-order valence-corrected chi connectivity index (χ3v) is 3.60. The molecule has 0 fully saturated rings. The van der Waals surface area contributed by atoms with Gasteiger partial charge >= 0.3 is 0 Å². The fourth-order valence-corrected chi connectivity index (χ4v) is 2.42. The van der Waals surface area contributed by atoms with E-state index in [1.807, 2.05) is 19.1 Å². The number of para-hydroxylation sites is 1. The summed E-state index contributed by atoms with van der Waals surface area (Å²) < 4.78 is 11.6. The zero-order valence-corrected chi connectivity index (χ0v) is 13.7. The van der Waals surface area contributed by atoms with Crippen LogP contribution in [0.2, 0.25) is 0 Å². The smallest absolute Gasteiger partial charge is 0.165 e. The van der Waals surface area contributed by atoms with E-state index in [1.54, 1.807) is 0 Å². The Labute approximate surface area is 125 Å². The Bertz CT molecular complexity index is 353. The molecule has 0 aromatic heterocycles. The van der Waals surface area contributed by atoms with Crippen molar-refractivity contribution in [3.8, 4) is 11.5 Å². The molecule has 0 spiro atoms. The van der Waals surface area contributed by atoms with Crippen molar-refractivity contribution in [1.29, 1.82) is 0 Å². The lowest BCUT2D eigenvalue weighted by molar-refractivity contribution is 0.268. The van der Waals surface area contributed by atoms with Gasteiger partial charge in [-0.1, -0.05) is 60.7 Å². The van der Waals surface area contributed by atoms with Crippen LogP contribution in [-0.2, 0) is 5.33 Å². The lowest BCUT2D eigenvalue weighted by Crippen LogP contribution is -2.03. The van der Waals surface area contributed by atoms with Gasteiger partial charge in [0.05, 0.1) is 13.2 Å². The summed E-state index contributed by atoms with van der Waals surface area (Å²) in [6, 6.07) is 6.06. The van der Waals surface area contributed by atoms with Gasteiger partial charge in [0, 0.05) is 10.9 Å². The number of benzene rings is 1. The van der Waals surface area contributed by atoms with E-state index < -0.39 is 0 Å². The lowest BCUT2D eigenvalue weighted by Gasteiger charge is -2.14. The molecule has 0 atom stereocenters. The maximum atomic E-state index is 5.94. The third kappa shape index (κ3) is 5.85. The van der Waals surface area contributed by atoms with Gasteiger partial charge in [0.1, 0.15) is 0 Å². The van der Waals surface area contributed by atoms with Gasteiger partial charge in [-0.15, -0.1) is 0 Å². The fourth-order valence-electron chi connectivity index (χ4n) is 1.98. The zero-order valence-electron chi connectivity index (χ0n) is 12.1. The minimum absolute atomic E-state index is 0.665. The van der Waals surface area contributed by atoms with Crippen LogP contribution in [0.15, 0.2) is 18.2 Å². The van der Waals surface area contributed by atoms with Gasteiger partial charge in [0.25, 0.3) is 0 Å². The summed E-state index contributed by atoms with van der Waals surface area (Å²) in [6.45, 7) is 5.67. The summed E-state index contributed by atoms with van der Waals surface area (Å²) in [7, 11) is 0. The van der Waals surface area contributed by atoms with Crippen molar-refractivity contribution in [1.82, 2.24) is 0 Å². The first kappa shape index (κ1) is 16.4. The highest BCUT2D eigenvalue weighted by Crippen LogP contribution is 2.32. The van der Waals surface area contributed by atoms with Crippen LogP contribution in [0.4, 0.5) is 0 Å². The van der Waals surface area contributed by atoms with Crippen molar-refractivity contribution in [3.63, 3.8) is 0 Å². The Morgan fingerprint density at radius 1 is 1.00 bits per heavy atom. The fraction of sp³-hybridized carbons (Fsp3) is 0.625. The monoisotopic (exact) mass is 328 g/mol. The first-order valence-corrected chi connectivity index (χ1v) is 8.39. The van der Waals surface area contributed by atoms with Gasteiger partial charge < -0.3 is 9.47 Å². The second kappa shape index (κ2) is 10.1. The number of halogens is 1. The molecule has 1 rings (SSSR count). The summed E-state index contributed by atoms with van der Waals surface area (Å²) >= 11 is 3.50. The van der Waals surface area contributed by atoms with Crippen molar-refractivity contribution in [2.24, 2.45) is 0 Å². The number of alkyl halides is 1. The normalized spacial score (nSPS) is 10.5. The molecule has 0 saturated carbocycles. The van der Waals surface area contributed by atoms with E-state index in [-0.39, 0.29) is 0 Å². The molecular formula is C16H25BrO2. The van der Waals surface area contributed by atoms with Gasteiger partial charge in [-0.3, -0.25) is 0 Å². The van der Waals surface area contributed by atoms with E-state index in [9.17, 15) is 0 Å². The number of unbranched alkanes of at least 4 members (excludes halogenated alkanes) is 4. The Morgan fingerprint density at radius 2 is 1.79 bits per heavy atom. The van der Waals surface area contributed by atoms with E-state index in [1.165, 1.54) is 25.7 Å². The molecule has 0 amide bonds. The Hall–Kier alpha value is -0.700. The van der Waals surface area contributed by atoms with Crippen LogP contribution >= 0.6 is 15.9 Å². The van der Waals surface area contributed by atoms with Crippen molar-refractivity contribution in [2.45, 2.75) is 51.3 Å². The Morgan fingerprint density at radius 3 is 2.47 bits per heavy atom. The first-order valence-electron chi connectivity index (χ1n) is 7.26. The van der Waals surface area contributed by atoms with Crippen molar-refractivity contribution in [3.05, 3.63) is 23.8 Å². The summed E-state index contributed by atoms with van der Waals surface area (Å²) in [5.41, 5.74) is 1.15. The number of ether oxygens (including phenoxy) is 2. The topological polar surface area (TPSA) is 18.5 Å². The van der Waals surface area contributed by atoms with Gasteiger partial charge in [0.2, 0.25) is 0 Å². The highest BCUT2D eigenvalue weighted by Gasteiger charge is 2.09. The van der Waals surface area contributed by atoms with Crippen LogP contribution in [0.1, 0.15) is 51.5 Å². The van der Waals surface area contributed by atoms with E-state index in [2.05, 4.69) is 28.9 Å². The number of hydrogen-bond acceptors (Lipinski definition) is 2. The van der Waals surface area contributed by atoms with Gasteiger partial charge in [-0.05, 0) is 19.4 Å². The van der Waals surface area contributed by atoms with Gasteiger partial charge in [-0.25, -0.2) is 0 Å². The predicted octanol–water partition coefficient (Wildman–Crippen LogP) is 5.33. The first-order chi connectivity index (χ1) is 9.33. The van der Waals surface area contributed by atoms with Crippen molar-refractivity contribution >= 4 is 15.9 Å². The maximum absolute atomic E-state index is 5.94. The number of rotatable bonds is 10. The molecule has 19 heavy (non-hydrogen) atoms. The third-order valence-electron chi connectivity index (χ3n) is 3.00. The molecule has 0 aliphatic rings. The van der Waals surface area contributed by atoms with Crippen LogP contribution in [0.5, 0.6) is 11.5 Å². The summed E-state index contributed by atoms with van der Waals surface area (Å²) in [5, 5.41) is 0.791. The van der Waals surface area contributed by atoms with Crippen LogP contribution in [0.25, 0.3) is 0 Å². The lowest BCUT2D eigenvalue weighted by atomic mass is 10.1. The van der Waals surface area contributed by atoms with E-state index in [0.717, 1.165) is 35.4 Å². The molecule has 1 aromatic rings. The van der Waals surface area contributed by atoms with Gasteiger partial charge in [-0.2, -0.15) is 0 Å². The molecule has 0 aliphatic carbocycles. The zero-order chi connectivity index (χ0) is 13.9. The minimum Gasteiger partial charge on any atom is -0.490 e. The SMILES string of the molecule is CCCCCCCOc1c(CBr)cccc1OCC. The molecular weight excluding hydrogens is 304 g/mol. The van der Waals surface area contributed by atoms with E-state index >= 15 is 0 Å². The molecule has 108 valence electrons. The summed E-state index contributed by atoms with van der Waals surface area (Å²) in [6.07, 6.45) is 6.26. The average molecular weight is 329 g/mol. The molecule has 0 aliphatic heterocycles. The largest absolute Gasteiger partial charge is 0.490 e. The molecule has 3 heteroatoms. The predicted molar refractivity (Wildman–Crippen MR) is 84.5 cm³/mol. The molecule has 2 nitrogen and oxygen atoms in total. The molecule has 0 N–H and O–H groups in total.